The van der Waals surface area contributed by atoms with Crippen molar-refractivity contribution >= 4 is 52.3 Å². The third-order valence-electron chi connectivity index (χ3n) is 7.92. The number of rotatable bonds is 7. The van der Waals surface area contributed by atoms with Gasteiger partial charge in [-0.1, -0.05) is 34.8 Å². The molecule has 2 aromatic carbocycles. The number of alkyl halides is 2. The summed E-state index contributed by atoms with van der Waals surface area (Å²) in [4.78, 5) is 28.6. The normalized spacial score (nSPS) is 18.8. The molecule has 1 atom stereocenters. The Morgan fingerprint density at radius 2 is 1.54 bits per heavy atom. The summed E-state index contributed by atoms with van der Waals surface area (Å²) in [5, 5.41) is 14.0. The lowest BCUT2D eigenvalue weighted by Crippen LogP contribution is -2.53. The fourth-order valence-corrected chi connectivity index (χ4v) is 6.43. The zero-order valence-corrected chi connectivity index (χ0v) is 23.9. The topological polar surface area (TPSA) is 72.9 Å². The van der Waals surface area contributed by atoms with Crippen LogP contribution in [0, 0.1) is 11.8 Å². The molecule has 11 heteroatoms. The smallest absolute Gasteiger partial charge is 0.280 e. The monoisotopic (exact) mass is 601 g/mol. The van der Waals surface area contributed by atoms with Crippen LogP contribution in [0.5, 0.6) is 0 Å². The number of anilines is 1. The number of amides is 2. The minimum Gasteiger partial charge on any atom is -0.371 e. The lowest BCUT2D eigenvalue weighted by atomic mass is 9.82. The van der Waals surface area contributed by atoms with Gasteiger partial charge in [0.05, 0.1) is 10.6 Å². The Labute approximate surface area is 242 Å². The molecule has 2 fully saturated rings. The van der Waals surface area contributed by atoms with Gasteiger partial charge in [0.1, 0.15) is 0 Å². The van der Waals surface area contributed by atoms with Crippen LogP contribution in [0.4, 0.5) is 14.5 Å². The third-order valence-corrected chi connectivity index (χ3v) is 8.67. The van der Waals surface area contributed by atoms with Gasteiger partial charge < -0.3 is 20.2 Å². The van der Waals surface area contributed by atoms with Gasteiger partial charge >= 0.3 is 0 Å². The second-order valence-electron chi connectivity index (χ2n) is 10.4. The summed E-state index contributed by atoms with van der Waals surface area (Å²) < 4.78 is 28.1. The molecule has 2 aliphatic rings. The summed E-state index contributed by atoms with van der Waals surface area (Å²) in [7, 11) is 1.57. The van der Waals surface area contributed by atoms with Gasteiger partial charge in [0.15, 0.2) is 0 Å². The highest BCUT2D eigenvalue weighted by atomic mass is 35.5. The molecule has 0 aromatic heterocycles. The molecule has 0 radical (unpaired) electrons. The van der Waals surface area contributed by atoms with E-state index in [1.807, 2.05) is 12.1 Å². The number of aliphatic hydroxyl groups is 1. The second-order valence-corrected chi connectivity index (χ2v) is 11.7. The molecule has 6 nitrogen and oxygen atoms in total. The maximum atomic E-state index is 14.1. The maximum Gasteiger partial charge on any atom is 0.280 e. The van der Waals surface area contributed by atoms with Crippen molar-refractivity contribution in [2.24, 2.45) is 11.8 Å². The Bertz CT molecular complexity index is 1180. The minimum atomic E-state index is -3.34. The standard InChI is InChI=1S/C28H32Cl3F2N3O3/c1-34-25(37)23-3-2-22(16-24(23)31)35-8-4-17(5-9-35)12-18-6-10-36(11-7-18)27(38)28(39,26(32)33)19-13-20(29)15-21(30)14-19/h2-3,13-18,26,39H,4-12H2,1H3,(H,34,37)/t28-/m0/s1. The van der Waals surface area contributed by atoms with Gasteiger partial charge in [-0.15, -0.1) is 0 Å². The molecule has 39 heavy (non-hydrogen) atoms. The first kappa shape index (κ1) is 29.8. The molecule has 2 saturated heterocycles. The number of nitrogens with zero attached hydrogens (tertiary/aromatic N) is 2. The Morgan fingerprint density at radius 1 is 0.974 bits per heavy atom. The van der Waals surface area contributed by atoms with Crippen molar-refractivity contribution in [3.8, 4) is 0 Å². The summed E-state index contributed by atoms with van der Waals surface area (Å²) in [6, 6.07) is 9.16. The van der Waals surface area contributed by atoms with Crippen LogP contribution in [-0.4, -0.2) is 61.5 Å². The van der Waals surface area contributed by atoms with Crippen molar-refractivity contribution in [1.82, 2.24) is 10.2 Å². The first-order chi connectivity index (χ1) is 18.5. The van der Waals surface area contributed by atoms with E-state index < -0.39 is 17.9 Å². The number of likely N-dealkylation sites (tertiary alicyclic amines) is 1. The van der Waals surface area contributed by atoms with Crippen LogP contribution in [0.25, 0.3) is 0 Å². The summed E-state index contributed by atoms with van der Waals surface area (Å²) in [5.41, 5.74) is -1.87. The highest BCUT2D eigenvalue weighted by Gasteiger charge is 2.50. The summed E-state index contributed by atoms with van der Waals surface area (Å²) in [6.07, 6.45) is 1.08. The minimum absolute atomic E-state index is 0.0677. The van der Waals surface area contributed by atoms with E-state index in [0.29, 0.717) is 48.4 Å². The van der Waals surface area contributed by atoms with Gasteiger partial charge in [-0.2, -0.15) is 0 Å². The highest BCUT2D eigenvalue weighted by Crippen LogP contribution is 2.37. The Kier molecular flexibility index (Phi) is 9.63. The fourth-order valence-electron chi connectivity index (χ4n) is 5.65. The molecule has 0 saturated carbocycles. The van der Waals surface area contributed by atoms with Gasteiger partial charge in [-0.25, -0.2) is 8.78 Å². The number of carbonyl (C=O) groups excluding carboxylic acids is 2. The fraction of sp³-hybridized carbons (Fsp3) is 0.500. The number of piperidine rings is 2. The Balaban J connectivity index is 1.30. The molecule has 2 N–H and O–H groups in total. The zero-order chi connectivity index (χ0) is 28.3. The quantitative estimate of drug-likeness (QED) is 0.408. The lowest BCUT2D eigenvalue weighted by molar-refractivity contribution is -0.173. The maximum absolute atomic E-state index is 14.1. The van der Waals surface area contributed by atoms with E-state index in [4.69, 9.17) is 34.8 Å². The van der Waals surface area contributed by atoms with E-state index >= 15 is 0 Å². The SMILES string of the molecule is CNC(=O)c1ccc(N2CCC(CC3CCN(C(=O)[C@](O)(c4cc(Cl)cc(Cl)c4)C(F)F)CC3)CC2)cc1Cl. The molecular weight excluding hydrogens is 571 g/mol. The first-order valence-electron chi connectivity index (χ1n) is 13.1. The number of benzene rings is 2. The van der Waals surface area contributed by atoms with Crippen LogP contribution >= 0.6 is 34.8 Å². The molecule has 0 bridgehead atoms. The third kappa shape index (κ3) is 6.62. The number of hydrogen-bond donors (Lipinski definition) is 2. The van der Waals surface area contributed by atoms with Crippen LogP contribution in [0.15, 0.2) is 36.4 Å². The van der Waals surface area contributed by atoms with Crippen molar-refractivity contribution in [1.29, 1.82) is 0 Å². The van der Waals surface area contributed by atoms with Crippen LogP contribution in [0.1, 0.15) is 48.0 Å². The van der Waals surface area contributed by atoms with Crippen LogP contribution in [-0.2, 0) is 10.4 Å². The molecule has 0 spiro atoms. The summed E-state index contributed by atoms with van der Waals surface area (Å²) >= 11 is 18.2. The lowest BCUT2D eigenvalue weighted by Gasteiger charge is -2.39. The van der Waals surface area contributed by atoms with E-state index in [0.717, 1.165) is 50.2 Å². The number of hydrogen-bond acceptors (Lipinski definition) is 4. The molecule has 2 amide bonds. The van der Waals surface area contributed by atoms with E-state index in [-0.39, 0.29) is 21.5 Å². The molecule has 0 aliphatic carbocycles. The van der Waals surface area contributed by atoms with Crippen LogP contribution in [0.3, 0.4) is 0 Å². The van der Waals surface area contributed by atoms with Gasteiger partial charge in [0.25, 0.3) is 18.2 Å². The van der Waals surface area contributed by atoms with Gasteiger partial charge in [0, 0.05) is 54.5 Å². The number of halogens is 5. The summed E-state index contributed by atoms with van der Waals surface area (Å²) in [6.45, 7) is 2.37. The predicted molar refractivity (Wildman–Crippen MR) is 150 cm³/mol. The van der Waals surface area contributed by atoms with Crippen molar-refractivity contribution in [3.63, 3.8) is 0 Å². The van der Waals surface area contributed by atoms with Crippen molar-refractivity contribution < 1.29 is 23.5 Å². The molecular formula is C28H32Cl3F2N3O3. The van der Waals surface area contributed by atoms with E-state index in [2.05, 4.69) is 10.2 Å². The molecule has 0 unspecified atom stereocenters. The van der Waals surface area contributed by atoms with Crippen molar-refractivity contribution in [2.75, 3.05) is 38.1 Å². The second kappa shape index (κ2) is 12.6. The predicted octanol–water partition coefficient (Wildman–Crippen LogP) is 6.00. The van der Waals surface area contributed by atoms with Crippen molar-refractivity contribution in [2.45, 2.75) is 44.1 Å². The highest BCUT2D eigenvalue weighted by molar-refractivity contribution is 6.35. The number of nitrogens with one attached hydrogen (secondary N) is 1. The Morgan fingerprint density at radius 3 is 2.05 bits per heavy atom. The zero-order valence-electron chi connectivity index (χ0n) is 21.6. The average Bonchev–Trinajstić information content (AvgIpc) is 2.92. The van der Waals surface area contributed by atoms with Crippen LogP contribution < -0.4 is 10.2 Å². The largest absolute Gasteiger partial charge is 0.371 e. The molecule has 4 rings (SSSR count). The Hall–Kier alpha value is -2.13. The molecule has 2 aliphatic heterocycles. The van der Waals surface area contributed by atoms with E-state index in [1.54, 1.807) is 13.1 Å². The van der Waals surface area contributed by atoms with Crippen molar-refractivity contribution in [3.05, 3.63) is 62.6 Å². The van der Waals surface area contributed by atoms with Gasteiger partial charge in [-0.3, -0.25) is 9.59 Å². The van der Waals surface area contributed by atoms with E-state index in [1.165, 1.54) is 11.0 Å². The molecule has 2 aromatic rings. The van der Waals surface area contributed by atoms with Crippen LogP contribution in [0.2, 0.25) is 15.1 Å². The average molecular weight is 603 g/mol. The first-order valence-corrected chi connectivity index (χ1v) is 14.2. The van der Waals surface area contributed by atoms with E-state index in [9.17, 15) is 23.5 Å². The molecule has 2 heterocycles. The van der Waals surface area contributed by atoms with Gasteiger partial charge in [0.2, 0.25) is 5.60 Å². The van der Waals surface area contributed by atoms with Gasteiger partial charge in [-0.05, 0) is 80.3 Å². The number of carbonyl (C=O) groups is 2. The summed E-state index contributed by atoms with van der Waals surface area (Å²) in [5.74, 6) is -0.331. The molecule has 212 valence electrons.